The van der Waals surface area contributed by atoms with Crippen LogP contribution in [0.5, 0.6) is 0 Å². The Morgan fingerprint density at radius 1 is 1.06 bits per heavy atom. The van der Waals surface area contributed by atoms with E-state index in [2.05, 4.69) is 33.0 Å². The lowest BCUT2D eigenvalue weighted by Gasteiger charge is -2.57. The fourth-order valence-electron chi connectivity index (χ4n) is 7.71. The van der Waals surface area contributed by atoms with E-state index in [1.807, 2.05) is 19.9 Å². The second-order valence-corrected chi connectivity index (χ2v) is 13.1. The third-order valence-corrected chi connectivity index (χ3v) is 9.99. The molecule has 0 bridgehead atoms. The summed E-state index contributed by atoms with van der Waals surface area (Å²) in [4.78, 5) is 35.0. The highest BCUT2D eigenvalue weighted by atomic mass is 16.5. The molecule has 1 amide bonds. The van der Waals surface area contributed by atoms with Crippen molar-refractivity contribution >= 4 is 17.7 Å². The Kier molecular flexibility index (Phi) is 9.12. The first kappa shape index (κ1) is 28.9. The number of allylic oxidation sites excluding steroid dienone is 1. The van der Waals surface area contributed by atoms with Gasteiger partial charge in [-0.3, -0.25) is 14.4 Å². The van der Waals surface area contributed by atoms with Crippen molar-refractivity contribution in [3.63, 3.8) is 0 Å². The minimum atomic E-state index is -0.366. The Hall–Kier alpha value is -1.69. The first-order valence-electron chi connectivity index (χ1n) is 14.2. The Morgan fingerprint density at radius 2 is 1.75 bits per heavy atom. The van der Waals surface area contributed by atoms with Crippen LogP contribution in [0, 0.1) is 40.4 Å². The van der Waals surface area contributed by atoms with Crippen molar-refractivity contribution in [2.24, 2.45) is 46.2 Å². The molecule has 7 atom stereocenters. The standard InChI is InChI=1S/C24H36O3.C6H14N2O/c1-15(2)13-22(26)27-21-8-7-19-18-6-5-16-14-17(25)9-11-23(16,3)20(18)10-12-24(19,21)4;1-4(2)5(7)6(9)8-3/h14-15,18-21H,5-13H2,1-4H3;4-5H,7H2,1-3H3,(H,8,9). The third kappa shape index (κ3) is 5.74. The molecule has 0 spiro atoms. The Bertz CT molecular complexity index is 865. The van der Waals surface area contributed by atoms with Crippen molar-refractivity contribution in [3.8, 4) is 0 Å². The zero-order valence-electron chi connectivity index (χ0n) is 23.7. The van der Waals surface area contributed by atoms with Gasteiger partial charge in [0.15, 0.2) is 5.78 Å². The van der Waals surface area contributed by atoms with Crippen LogP contribution in [0.15, 0.2) is 11.6 Å². The highest BCUT2D eigenvalue weighted by molar-refractivity contribution is 5.91. The molecular formula is C30H50N2O4. The van der Waals surface area contributed by atoms with E-state index in [0.29, 0.717) is 30.0 Å². The molecule has 6 heteroatoms. The van der Waals surface area contributed by atoms with Gasteiger partial charge in [0.05, 0.1) is 6.04 Å². The first-order chi connectivity index (χ1) is 16.8. The molecule has 204 valence electrons. The lowest BCUT2D eigenvalue weighted by atomic mass is 9.47. The van der Waals surface area contributed by atoms with Crippen LogP contribution in [0.1, 0.15) is 99.3 Å². The SMILES string of the molecule is CC(C)CC(=O)OC1CCC2C3CCC4=CC(=O)CCC4(C)C3CCC12C.CNC(=O)C(N)C(C)C. The summed E-state index contributed by atoms with van der Waals surface area (Å²) in [6.45, 7) is 12.8. The molecule has 6 nitrogen and oxygen atoms in total. The topological polar surface area (TPSA) is 98.5 Å². The Labute approximate surface area is 218 Å². The van der Waals surface area contributed by atoms with Gasteiger partial charge in [-0.2, -0.15) is 0 Å². The zero-order valence-corrected chi connectivity index (χ0v) is 23.7. The fraction of sp³-hybridized carbons (Fsp3) is 0.833. The van der Waals surface area contributed by atoms with Gasteiger partial charge < -0.3 is 15.8 Å². The lowest BCUT2D eigenvalue weighted by Crippen LogP contribution is -2.51. The quantitative estimate of drug-likeness (QED) is 0.504. The molecule has 3 N–H and O–H groups in total. The summed E-state index contributed by atoms with van der Waals surface area (Å²) in [6.07, 6.45) is 11.3. The van der Waals surface area contributed by atoms with Gasteiger partial charge in [0.1, 0.15) is 6.10 Å². The van der Waals surface area contributed by atoms with Crippen LogP contribution in [-0.2, 0) is 19.1 Å². The third-order valence-electron chi connectivity index (χ3n) is 9.99. The highest BCUT2D eigenvalue weighted by Crippen LogP contribution is 2.65. The van der Waals surface area contributed by atoms with Gasteiger partial charge >= 0.3 is 5.97 Å². The minimum Gasteiger partial charge on any atom is -0.462 e. The van der Waals surface area contributed by atoms with Crippen LogP contribution in [-0.4, -0.2) is 36.9 Å². The second kappa shape index (κ2) is 11.4. The maximum atomic E-state index is 12.3. The van der Waals surface area contributed by atoms with Crippen molar-refractivity contribution in [3.05, 3.63) is 11.6 Å². The lowest BCUT2D eigenvalue weighted by molar-refractivity contribution is -0.160. The summed E-state index contributed by atoms with van der Waals surface area (Å²) in [5.41, 5.74) is 7.27. The number of nitrogens with two attached hydrogens (primary N) is 1. The van der Waals surface area contributed by atoms with E-state index in [0.717, 1.165) is 38.0 Å². The van der Waals surface area contributed by atoms with Crippen LogP contribution in [0.3, 0.4) is 0 Å². The number of carbonyl (C=O) groups excluding carboxylic acids is 3. The molecule has 0 aromatic rings. The van der Waals surface area contributed by atoms with E-state index < -0.39 is 0 Å². The summed E-state index contributed by atoms with van der Waals surface area (Å²) in [5, 5.41) is 2.48. The smallest absolute Gasteiger partial charge is 0.306 e. The largest absolute Gasteiger partial charge is 0.462 e. The van der Waals surface area contributed by atoms with Gasteiger partial charge in [-0.15, -0.1) is 0 Å². The van der Waals surface area contributed by atoms with Crippen LogP contribution >= 0.6 is 0 Å². The van der Waals surface area contributed by atoms with E-state index in [4.69, 9.17) is 10.5 Å². The molecule has 0 aliphatic heterocycles. The van der Waals surface area contributed by atoms with Crippen LogP contribution in [0.25, 0.3) is 0 Å². The zero-order chi connectivity index (χ0) is 26.8. The molecule has 0 aromatic heterocycles. The number of ether oxygens (including phenoxy) is 1. The Balaban J connectivity index is 0.000000345. The van der Waals surface area contributed by atoms with E-state index >= 15 is 0 Å². The number of ketones is 1. The number of esters is 1. The summed E-state index contributed by atoms with van der Waals surface area (Å²) < 4.78 is 6.03. The average molecular weight is 503 g/mol. The van der Waals surface area contributed by atoms with Gasteiger partial charge in [-0.25, -0.2) is 0 Å². The predicted molar refractivity (Wildman–Crippen MR) is 143 cm³/mol. The molecule has 0 saturated heterocycles. The van der Waals surface area contributed by atoms with Crippen molar-refractivity contribution in [1.29, 1.82) is 0 Å². The summed E-state index contributed by atoms with van der Waals surface area (Å²) >= 11 is 0. The molecule has 0 heterocycles. The summed E-state index contributed by atoms with van der Waals surface area (Å²) in [7, 11) is 1.59. The number of hydrogen-bond donors (Lipinski definition) is 2. The van der Waals surface area contributed by atoms with Crippen molar-refractivity contribution in [2.45, 2.75) is 111 Å². The average Bonchev–Trinajstić information content (AvgIpc) is 3.14. The van der Waals surface area contributed by atoms with Gasteiger partial charge in [0, 0.05) is 25.3 Å². The second-order valence-electron chi connectivity index (χ2n) is 13.1. The Morgan fingerprint density at radius 3 is 2.33 bits per heavy atom. The van der Waals surface area contributed by atoms with Crippen molar-refractivity contribution in [1.82, 2.24) is 5.32 Å². The van der Waals surface area contributed by atoms with Crippen LogP contribution in [0.2, 0.25) is 0 Å². The van der Waals surface area contributed by atoms with Crippen molar-refractivity contribution < 1.29 is 19.1 Å². The van der Waals surface area contributed by atoms with Crippen LogP contribution < -0.4 is 11.1 Å². The monoisotopic (exact) mass is 502 g/mol. The van der Waals surface area contributed by atoms with Gasteiger partial charge in [-0.05, 0) is 86.0 Å². The maximum Gasteiger partial charge on any atom is 0.306 e. The highest BCUT2D eigenvalue weighted by Gasteiger charge is 2.59. The number of hydrogen-bond acceptors (Lipinski definition) is 5. The first-order valence-corrected chi connectivity index (χ1v) is 14.2. The number of carbonyl (C=O) groups is 3. The number of rotatable bonds is 5. The molecule has 4 rings (SSSR count). The number of likely N-dealkylation sites (N-methyl/N-ethyl adjacent to an activating group) is 1. The molecule has 36 heavy (non-hydrogen) atoms. The normalized spacial score (nSPS) is 36.1. The molecule has 0 radical (unpaired) electrons. The van der Waals surface area contributed by atoms with E-state index in [9.17, 15) is 14.4 Å². The fourth-order valence-corrected chi connectivity index (χ4v) is 7.71. The van der Waals surface area contributed by atoms with Crippen LogP contribution in [0.4, 0.5) is 0 Å². The van der Waals surface area contributed by atoms with Gasteiger partial charge in [0.25, 0.3) is 0 Å². The van der Waals surface area contributed by atoms with Gasteiger partial charge in [-0.1, -0.05) is 47.1 Å². The molecule has 0 aromatic carbocycles. The van der Waals surface area contributed by atoms with Crippen molar-refractivity contribution in [2.75, 3.05) is 7.05 Å². The number of amides is 1. The number of fused-ring (bicyclic) bond motifs is 5. The molecule has 4 aliphatic carbocycles. The maximum absolute atomic E-state index is 12.3. The van der Waals surface area contributed by atoms with E-state index in [-0.39, 0.29) is 40.8 Å². The number of nitrogens with one attached hydrogen (secondary N) is 1. The van der Waals surface area contributed by atoms with E-state index in [1.165, 1.54) is 24.8 Å². The molecule has 3 saturated carbocycles. The minimum absolute atomic E-state index is 0.00869. The van der Waals surface area contributed by atoms with E-state index in [1.54, 1.807) is 7.05 Å². The predicted octanol–water partition coefficient (Wildman–Crippen LogP) is 5.19. The molecule has 7 unspecified atom stereocenters. The molecular weight excluding hydrogens is 452 g/mol. The summed E-state index contributed by atoms with van der Waals surface area (Å²) in [6, 6.07) is -0.366. The summed E-state index contributed by atoms with van der Waals surface area (Å²) in [5.74, 6) is 2.90. The molecule has 3 fully saturated rings. The van der Waals surface area contributed by atoms with Gasteiger partial charge in [0.2, 0.25) is 5.91 Å². The molecule has 4 aliphatic rings.